The van der Waals surface area contributed by atoms with E-state index in [4.69, 9.17) is 4.74 Å². The molecule has 0 aliphatic heterocycles. The van der Waals surface area contributed by atoms with Crippen LogP contribution in [0.3, 0.4) is 0 Å². The molecule has 0 N–H and O–H groups in total. The Labute approximate surface area is 109 Å². The summed E-state index contributed by atoms with van der Waals surface area (Å²) in [5.41, 5.74) is 1.67. The van der Waals surface area contributed by atoms with Gasteiger partial charge in [0.2, 0.25) is 0 Å². The first kappa shape index (κ1) is 14.5. The third-order valence-corrected chi connectivity index (χ3v) is 2.60. The molecule has 4 nitrogen and oxygen atoms in total. The zero-order valence-electron chi connectivity index (χ0n) is 11.6. The first-order valence-electron chi connectivity index (χ1n) is 6.10. The maximum atomic E-state index is 11.7. The highest BCUT2D eigenvalue weighted by Crippen LogP contribution is 2.12. The second-order valence-electron chi connectivity index (χ2n) is 4.73. The van der Waals surface area contributed by atoms with Gasteiger partial charge in [0.05, 0.1) is 12.2 Å². The van der Waals surface area contributed by atoms with Crippen LogP contribution >= 0.6 is 0 Å². The molecule has 0 aliphatic carbocycles. The molecule has 1 aromatic rings. The Kier molecular flexibility index (Phi) is 5.65. The minimum Gasteiger partial charge on any atom is -0.462 e. The first-order chi connectivity index (χ1) is 8.50. The lowest BCUT2D eigenvalue weighted by Gasteiger charge is -2.12. The summed E-state index contributed by atoms with van der Waals surface area (Å²) < 4.78 is 5.20. The summed E-state index contributed by atoms with van der Waals surface area (Å²) in [6.07, 6.45) is 0.856. The third kappa shape index (κ3) is 4.75. The van der Waals surface area contributed by atoms with Gasteiger partial charge in [0.1, 0.15) is 0 Å². The van der Waals surface area contributed by atoms with E-state index >= 15 is 0 Å². The number of hydrogen-bond acceptors (Lipinski definition) is 4. The van der Waals surface area contributed by atoms with Gasteiger partial charge in [-0.2, -0.15) is 0 Å². The molecule has 0 aromatic heterocycles. The van der Waals surface area contributed by atoms with E-state index in [1.54, 1.807) is 12.1 Å². The van der Waals surface area contributed by atoms with Crippen LogP contribution in [0.4, 0.5) is 5.69 Å². The second kappa shape index (κ2) is 7.01. The van der Waals surface area contributed by atoms with Gasteiger partial charge in [-0.15, -0.1) is 0 Å². The summed E-state index contributed by atoms with van der Waals surface area (Å²) in [5, 5.41) is 0. The van der Waals surface area contributed by atoms with E-state index in [1.165, 1.54) is 0 Å². The molecule has 0 radical (unpaired) electrons. The fourth-order valence-electron chi connectivity index (χ4n) is 1.52. The fourth-order valence-corrected chi connectivity index (χ4v) is 1.52. The lowest BCUT2D eigenvalue weighted by Crippen LogP contribution is -2.16. The molecular formula is C14H22N2O2. The Morgan fingerprint density at radius 2 is 1.72 bits per heavy atom. The van der Waals surface area contributed by atoms with Crippen molar-refractivity contribution in [3.05, 3.63) is 29.8 Å². The maximum absolute atomic E-state index is 11.7. The van der Waals surface area contributed by atoms with Crippen LogP contribution in [0, 0.1) is 0 Å². The summed E-state index contributed by atoms with van der Waals surface area (Å²) in [6, 6.07) is 7.42. The number of carbonyl (C=O) groups excluding carboxylic acids is 1. The van der Waals surface area contributed by atoms with Crippen LogP contribution in [0.15, 0.2) is 24.3 Å². The number of rotatable bonds is 6. The molecular weight excluding hydrogens is 228 g/mol. The average Bonchev–Trinajstić information content (AvgIpc) is 2.34. The number of esters is 1. The molecule has 0 aliphatic rings. The van der Waals surface area contributed by atoms with Crippen molar-refractivity contribution in [3.63, 3.8) is 0 Å². The highest BCUT2D eigenvalue weighted by molar-refractivity contribution is 5.89. The predicted octanol–water partition coefficient (Wildman–Crippen LogP) is 1.86. The van der Waals surface area contributed by atoms with Crippen molar-refractivity contribution in [2.24, 2.45) is 0 Å². The van der Waals surface area contributed by atoms with Crippen LogP contribution in [0.5, 0.6) is 0 Å². The third-order valence-electron chi connectivity index (χ3n) is 2.60. The first-order valence-corrected chi connectivity index (χ1v) is 6.10. The van der Waals surface area contributed by atoms with Gasteiger partial charge in [0, 0.05) is 26.3 Å². The number of carbonyl (C=O) groups is 1. The number of anilines is 1. The van der Waals surface area contributed by atoms with Gasteiger partial charge in [-0.25, -0.2) is 4.79 Å². The summed E-state index contributed by atoms with van der Waals surface area (Å²) in [4.78, 5) is 15.8. The summed E-state index contributed by atoms with van der Waals surface area (Å²) in [7, 11) is 7.94. The van der Waals surface area contributed by atoms with Crippen LogP contribution in [0.1, 0.15) is 16.8 Å². The zero-order valence-corrected chi connectivity index (χ0v) is 11.6. The lowest BCUT2D eigenvalue weighted by molar-refractivity contribution is 0.0493. The summed E-state index contributed by atoms with van der Waals surface area (Å²) >= 11 is 0. The average molecular weight is 250 g/mol. The Bertz CT molecular complexity index is 372. The molecule has 4 heteroatoms. The van der Waals surface area contributed by atoms with E-state index in [-0.39, 0.29) is 5.97 Å². The zero-order chi connectivity index (χ0) is 13.5. The van der Waals surface area contributed by atoms with Crippen LogP contribution in [-0.4, -0.2) is 52.2 Å². The van der Waals surface area contributed by atoms with Crippen molar-refractivity contribution in [3.8, 4) is 0 Å². The Morgan fingerprint density at radius 3 is 2.22 bits per heavy atom. The second-order valence-corrected chi connectivity index (χ2v) is 4.73. The highest BCUT2D eigenvalue weighted by atomic mass is 16.5. The van der Waals surface area contributed by atoms with Crippen molar-refractivity contribution in [1.82, 2.24) is 4.90 Å². The monoisotopic (exact) mass is 250 g/mol. The van der Waals surface area contributed by atoms with Gasteiger partial charge in [-0.3, -0.25) is 0 Å². The van der Waals surface area contributed by atoms with Gasteiger partial charge in [-0.1, -0.05) is 0 Å². The van der Waals surface area contributed by atoms with Crippen molar-refractivity contribution in [2.45, 2.75) is 6.42 Å². The Balaban J connectivity index is 2.42. The van der Waals surface area contributed by atoms with E-state index in [0.717, 1.165) is 18.7 Å². The molecule has 100 valence electrons. The normalized spacial score (nSPS) is 10.5. The molecule has 0 heterocycles. The van der Waals surface area contributed by atoms with Gasteiger partial charge in [-0.05, 0) is 44.8 Å². The van der Waals surface area contributed by atoms with E-state index in [1.807, 2.05) is 45.2 Å². The number of nitrogens with zero attached hydrogens (tertiary/aromatic N) is 2. The van der Waals surface area contributed by atoms with Gasteiger partial charge in [0.15, 0.2) is 0 Å². The van der Waals surface area contributed by atoms with Crippen LogP contribution in [0.25, 0.3) is 0 Å². The highest BCUT2D eigenvalue weighted by Gasteiger charge is 2.07. The number of ether oxygens (including phenoxy) is 1. The molecule has 1 rings (SSSR count). The smallest absolute Gasteiger partial charge is 0.338 e. The molecule has 0 spiro atoms. The molecule has 0 bridgehead atoms. The van der Waals surface area contributed by atoms with Gasteiger partial charge < -0.3 is 14.5 Å². The van der Waals surface area contributed by atoms with Crippen molar-refractivity contribution < 1.29 is 9.53 Å². The molecule has 18 heavy (non-hydrogen) atoms. The molecule has 0 atom stereocenters. The Morgan fingerprint density at radius 1 is 1.11 bits per heavy atom. The van der Waals surface area contributed by atoms with Crippen molar-refractivity contribution in [1.29, 1.82) is 0 Å². The van der Waals surface area contributed by atoms with Crippen molar-refractivity contribution >= 4 is 11.7 Å². The van der Waals surface area contributed by atoms with E-state index in [9.17, 15) is 4.79 Å². The van der Waals surface area contributed by atoms with Gasteiger partial charge in [0.25, 0.3) is 0 Å². The number of benzene rings is 1. The predicted molar refractivity (Wildman–Crippen MR) is 74.2 cm³/mol. The van der Waals surface area contributed by atoms with Crippen LogP contribution in [0.2, 0.25) is 0 Å². The molecule has 0 fully saturated rings. The van der Waals surface area contributed by atoms with E-state index < -0.39 is 0 Å². The quantitative estimate of drug-likeness (QED) is 0.570. The topological polar surface area (TPSA) is 32.8 Å². The van der Waals surface area contributed by atoms with Crippen LogP contribution in [-0.2, 0) is 4.74 Å². The fraction of sp³-hybridized carbons (Fsp3) is 0.500. The largest absolute Gasteiger partial charge is 0.462 e. The minimum atomic E-state index is -0.251. The molecule has 0 amide bonds. The summed E-state index contributed by atoms with van der Waals surface area (Å²) in [6.45, 7) is 1.39. The SMILES string of the molecule is CN(C)CCCOC(=O)c1ccc(N(C)C)cc1. The van der Waals surface area contributed by atoms with E-state index in [2.05, 4.69) is 4.90 Å². The molecule has 0 saturated carbocycles. The van der Waals surface area contributed by atoms with E-state index in [0.29, 0.717) is 12.2 Å². The molecule has 0 unspecified atom stereocenters. The van der Waals surface area contributed by atoms with Crippen molar-refractivity contribution in [2.75, 3.05) is 46.2 Å². The standard InChI is InChI=1S/C14H22N2O2/c1-15(2)10-5-11-18-14(17)12-6-8-13(9-7-12)16(3)4/h6-9H,5,10-11H2,1-4H3. The van der Waals surface area contributed by atoms with Crippen LogP contribution < -0.4 is 4.90 Å². The lowest BCUT2D eigenvalue weighted by atomic mass is 10.2. The molecule has 0 saturated heterocycles. The Hall–Kier alpha value is -1.55. The number of hydrogen-bond donors (Lipinski definition) is 0. The maximum Gasteiger partial charge on any atom is 0.338 e. The molecule has 1 aromatic carbocycles. The minimum absolute atomic E-state index is 0.251. The van der Waals surface area contributed by atoms with Gasteiger partial charge >= 0.3 is 5.97 Å². The summed E-state index contributed by atoms with van der Waals surface area (Å²) in [5.74, 6) is -0.251.